The molecule has 0 unspecified atom stereocenters. The zero-order valence-corrected chi connectivity index (χ0v) is 17.6. The van der Waals surface area contributed by atoms with E-state index in [2.05, 4.69) is 6.58 Å². The lowest BCUT2D eigenvalue weighted by molar-refractivity contribution is -0.133. The second-order valence-electron chi connectivity index (χ2n) is 7.38. The van der Waals surface area contributed by atoms with Crippen LogP contribution in [0.5, 0.6) is 0 Å². The molecule has 7 heteroatoms. The second kappa shape index (κ2) is 9.38. The zero-order chi connectivity index (χ0) is 22.5. The molecule has 0 atom stereocenters. The Hall–Kier alpha value is -3.74. The van der Waals surface area contributed by atoms with Gasteiger partial charge in [0.25, 0.3) is 17.7 Å². The van der Waals surface area contributed by atoms with Crippen LogP contribution < -0.4 is 0 Å². The van der Waals surface area contributed by atoms with Crippen molar-refractivity contribution in [3.8, 4) is 0 Å². The number of hydrogen-bond acceptors (Lipinski definition) is 5. The molecule has 2 aromatic carbocycles. The van der Waals surface area contributed by atoms with Gasteiger partial charge < -0.3 is 9.64 Å². The van der Waals surface area contributed by atoms with Crippen LogP contribution >= 0.6 is 0 Å². The first-order valence-corrected chi connectivity index (χ1v) is 9.95. The van der Waals surface area contributed by atoms with Gasteiger partial charge in [0.2, 0.25) is 0 Å². The predicted molar refractivity (Wildman–Crippen MR) is 114 cm³/mol. The van der Waals surface area contributed by atoms with Gasteiger partial charge in [0.1, 0.15) is 0 Å². The highest BCUT2D eigenvalue weighted by Crippen LogP contribution is 2.24. The van der Waals surface area contributed by atoms with Crippen LogP contribution in [0.25, 0.3) is 0 Å². The number of rotatable bonds is 8. The van der Waals surface area contributed by atoms with Gasteiger partial charge in [0, 0.05) is 13.1 Å². The van der Waals surface area contributed by atoms with Crippen molar-refractivity contribution < 1.29 is 23.9 Å². The Bertz CT molecular complexity index is 1020. The first-order chi connectivity index (χ1) is 14.8. The third-order valence-corrected chi connectivity index (χ3v) is 4.90. The number of imide groups is 1. The Labute approximate surface area is 180 Å². The summed E-state index contributed by atoms with van der Waals surface area (Å²) in [7, 11) is 0. The summed E-state index contributed by atoms with van der Waals surface area (Å²) in [5, 5.41) is 0. The Kier molecular flexibility index (Phi) is 6.65. The number of fused-ring (bicyclic) bond motifs is 1. The Balaban J connectivity index is 1.65. The number of carbonyl (C=O) groups is 4. The maximum atomic E-state index is 12.5. The van der Waals surface area contributed by atoms with Gasteiger partial charge in [-0.3, -0.25) is 19.3 Å². The predicted octanol–water partition coefficient (Wildman–Crippen LogP) is 3.06. The van der Waals surface area contributed by atoms with Gasteiger partial charge in [-0.05, 0) is 43.7 Å². The molecule has 0 aliphatic carbocycles. The van der Waals surface area contributed by atoms with Gasteiger partial charge in [-0.1, -0.05) is 36.4 Å². The molecule has 0 radical (unpaired) electrons. The summed E-state index contributed by atoms with van der Waals surface area (Å²) in [5.41, 5.74) is 2.42. The van der Waals surface area contributed by atoms with Crippen LogP contribution in [0.4, 0.5) is 0 Å². The number of likely N-dealkylation sites (N-methyl/N-ethyl adjacent to an activating group) is 1. The van der Waals surface area contributed by atoms with Crippen LogP contribution in [-0.2, 0) is 16.1 Å². The number of ether oxygens (including phenoxy) is 1. The minimum absolute atomic E-state index is 0.0363. The Morgan fingerprint density at radius 3 is 2.26 bits per heavy atom. The molecule has 3 rings (SSSR count). The molecule has 1 heterocycles. The first kappa shape index (κ1) is 22.0. The number of hydrogen-bond donors (Lipinski definition) is 0. The molecular formula is C24H24N2O5. The van der Waals surface area contributed by atoms with Crippen LogP contribution in [0, 0.1) is 0 Å². The molecule has 160 valence electrons. The summed E-state index contributed by atoms with van der Waals surface area (Å²) in [6.07, 6.45) is 0. The lowest BCUT2D eigenvalue weighted by atomic mass is 10.1. The Morgan fingerprint density at radius 2 is 1.68 bits per heavy atom. The molecule has 0 saturated carbocycles. The van der Waals surface area contributed by atoms with Crippen molar-refractivity contribution in [3.63, 3.8) is 0 Å². The summed E-state index contributed by atoms with van der Waals surface area (Å²) in [6.45, 7) is 8.00. The van der Waals surface area contributed by atoms with Gasteiger partial charge in [-0.25, -0.2) is 4.79 Å². The third-order valence-electron chi connectivity index (χ3n) is 4.90. The minimum atomic E-state index is -0.649. The minimum Gasteiger partial charge on any atom is -0.452 e. The highest BCUT2D eigenvalue weighted by Gasteiger charge is 2.35. The molecule has 7 nitrogen and oxygen atoms in total. The lowest BCUT2D eigenvalue weighted by Crippen LogP contribution is -2.35. The smallest absolute Gasteiger partial charge is 0.338 e. The quantitative estimate of drug-likeness (QED) is 0.372. The highest BCUT2D eigenvalue weighted by molar-refractivity contribution is 6.21. The monoisotopic (exact) mass is 420 g/mol. The largest absolute Gasteiger partial charge is 0.452 e. The van der Waals surface area contributed by atoms with E-state index in [-0.39, 0.29) is 36.4 Å². The highest BCUT2D eigenvalue weighted by atomic mass is 16.5. The molecule has 1 aliphatic rings. The maximum absolute atomic E-state index is 12.5. The van der Waals surface area contributed by atoms with Crippen molar-refractivity contribution >= 4 is 23.7 Å². The van der Waals surface area contributed by atoms with E-state index in [0.29, 0.717) is 29.8 Å². The number of amides is 3. The standard InChI is InChI=1S/C24H24N2O5/c1-4-25(13-16(2)3)21(27)15-31-24(30)18-9-7-8-17(12-18)14-26-22(28)19-10-5-6-11-20(19)23(26)29/h5-12H,2,4,13-15H2,1,3H3. The molecule has 0 fully saturated rings. The average Bonchev–Trinajstić information content (AvgIpc) is 3.00. The number of benzene rings is 2. The van der Waals surface area contributed by atoms with Crippen molar-refractivity contribution in [2.45, 2.75) is 20.4 Å². The average molecular weight is 420 g/mol. The number of carbonyl (C=O) groups excluding carboxylic acids is 4. The molecule has 0 aromatic heterocycles. The molecule has 31 heavy (non-hydrogen) atoms. The fourth-order valence-electron chi connectivity index (χ4n) is 3.37. The molecule has 3 amide bonds. The van der Waals surface area contributed by atoms with Gasteiger partial charge in [-0.2, -0.15) is 0 Å². The van der Waals surface area contributed by atoms with Crippen LogP contribution in [-0.4, -0.2) is 53.2 Å². The fourth-order valence-corrected chi connectivity index (χ4v) is 3.37. The van der Waals surface area contributed by atoms with E-state index >= 15 is 0 Å². The van der Waals surface area contributed by atoms with E-state index < -0.39 is 5.97 Å². The van der Waals surface area contributed by atoms with E-state index in [9.17, 15) is 19.2 Å². The van der Waals surface area contributed by atoms with Crippen LogP contribution in [0.2, 0.25) is 0 Å². The maximum Gasteiger partial charge on any atom is 0.338 e. The van der Waals surface area contributed by atoms with Crippen molar-refractivity contribution in [3.05, 3.63) is 82.9 Å². The molecule has 0 N–H and O–H groups in total. The van der Waals surface area contributed by atoms with Gasteiger partial charge >= 0.3 is 5.97 Å². The molecule has 0 saturated heterocycles. The molecule has 0 spiro atoms. The normalized spacial score (nSPS) is 12.5. The zero-order valence-electron chi connectivity index (χ0n) is 17.6. The van der Waals surface area contributed by atoms with Crippen molar-refractivity contribution in [2.75, 3.05) is 19.7 Å². The van der Waals surface area contributed by atoms with Crippen molar-refractivity contribution in [1.82, 2.24) is 9.80 Å². The molecule has 0 bridgehead atoms. The van der Waals surface area contributed by atoms with E-state index in [1.807, 2.05) is 13.8 Å². The third kappa shape index (κ3) is 4.88. The topological polar surface area (TPSA) is 84.0 Å². The van der Waals surface area contributed by atoms with Crippen LogP contribution in [0.3, 0.4) is 0 Å². The van der Waals surface area contributed by atoms with Crippen LogP contribution in [0.1, 0.15) is 50.5 Å². The first-order valence-electron chi connectivity index (χ1n) is 9.95. The fraction of sp³-hybridized carbons (Fsp3) is 0.250. The van der Waals surface area contributed by atoms with Crippen LogP contribution in [0.15, 0.2) is 60.7 Å². The van der Waals surface area contributed by atoms with Gasteiger partial charge in [-0.15, -0.1) is 0 Å². The van der Waals surface area contributed by atoms with Crippen molar-refractivity contribution in [2.24, 2.45) is 0 Å². The number of nitrogens with zero attached hydrogens (tertiary/aromatic N) is 2. The summed E-state index contributed by atoms with van der Waals surface area (Å²) in [6, 6.07) is 13.1. The van der Waals surface area contributed by atoms with Crippen molar-refractivity contribution in [1.29, 1.82) is 0 Å². The van der Waals surface area contributed by atoms with E-state index in [1.165, 1.54) is 0 Å². The summed E-state index contributed by atoms with van der Waals surface area (Å²) in [4.78, 5) is 52.5. The summed E-state index contributed by atoms with van der Waals surface area (Å²) < 4.78 is 5.16. The Morgan fingerprint density at radius 1 is 1.03 bits per heavy atom. The van der Waals surface area contributed by atoms with Gasteiger partial charge in [0.05, 0.1) is 23.2 Å². The van der Waals surface area contributed by atoms with E-state index in [1.54, 1.807) is 53.4 Å². The molecule has 2 aromatic rings. The van der Waals surface area contributed by atoms with Gasteiger partial charge in [0.15, 0.2) is 6.61 Å². The molecule has 1 aliphatic heterocycles. The summed E-state index contributed by atoms with van der Waals surface area (Å²) >= 11 is 0. The lowest BCUT2D eigenvalue weighted by Gasteiger charge is -2.20. The number of esters is 1. The summed E-state index contributed by atoms with van der Waals surface area (Å²) in [5.74, 6) is -1.68. The van der Waals surface area contributed by atoms with E-state index in [0.717, 1.165) is 10.5 Å². The molecular weight excluding hydrogens is 396 g/mol. The second-order valence-corrected chi connectivity index (χ2v) is 7.38. The SMILES string of the molecule is C=C(C)CN(CC)C(=O)COC(=O)c1cccc(CN2C(=O)c3ccccc3C2=O)c1. The van der Waals surface area contributed by atoms with E-state index in [4.69, 9.17) is 4.74 Å².